The summed E-state index contributed by atoms with van der Waals surface area (Å²) in [5.74, 6) is 0. The van der Waals surface area contributed by atoms with Crippen LogP contribution in [0, 0.1) is 0 Å². The third kappa shape index (κ3) is 3.02. The molecule has 2 nitrogen and oxygen atoms in total. The maximum atomic E-state index is 6.24. The van der Waals surface area contributed by atoms with E-state index in [2.05, 4.69) is 58.7 Å². The van der Waals surface area contributed by atoms with Gasteiger partial charge in [0.25, 0.3) is 0 Å². The number of piperazine rings is 1. The Morgan fingerprint density at radius 1 is 0.957 bits per heavy atom. The van der Waals surface area contributed by atoms with E-state index in [4.69, 9.17) is 11.6 Å². The van der Waals surface area contributed by atoms with Crippen molar-refractivity contribution in [3.63, 3.8) is 0 Å². The number of fused-ring (bicyclic) bond motifs is 1. The van der Waals surface area contributed by atoms with E-state index in [1.54, 1.807) is 11.3 Å². The van der Waals surface area contributed by atoms with Crippen LogP contribution in [0.25, 0.3) is 10.8 Å². The summed E-state index contributed by atoms with van der Waals surface area (Å²) in [5.41, 5.74) is 1.38. The molecule has 0 spiro atoms. The van der Waals surface area contributed by atoms with Crippen molar-refractivity contribution in [3.05, 3.63) is 69.4 Å². The quantitative estimate of drug-likeness (QED) is 0.751. The molecule has 3 aromatic rings. The molecule has 2 aromatic carbocycles. The summed E-state index contributed by atoms with van der Waals surface area (Å²) in [6, 6.07) is 19.8. The van der Waals surface area contributed by atoms with Crippen molar-refractivity contribution in [2.24, 2.45) is 0 Å². The third-order valence-corrected chi connectivity index (χ3v) is 5.78. The van der Waals surface area contributed by atoms with Crippen LogP contribution in [0.3, 0.4) is 0 Å². The Balaban J connectivity index is 1.86. The maximum absolute atomic E-state index is 6.24. The minimum atomic E-state index is 0.278. The monoisotopic (exact) mass is 342 g/mol. The normalized spacial score (nSPS) is 17.4. The molecule has 0 amide bonds. The van der Waals surface area contributed by atoms with Crippen LogP contribution < -0.4 is 5.32 Å². The van der Waals surface area contributed by atoms with Gasteiger partial charge in [-0.1, -0.05) is 54.1 Å². The lowest BCUT2D eigenvalue weighted by atomic mass is 9.96. The van der Waals surface area contributed by atoms with Gasteiger partial charge in [-0.25, -0.2) is 0 Å². The van der Waals surface area contributed by atoms with Gasteiger partial charge in [0.2, 0.25) is 0 Å². The van der Waals surface area contributed by atoms with Gasteiger partial charge in [-0.05, 0) is 28.5 Å². The van der Waals surface area contributed by atoms with Crippen LogP contribution in [0.2, 0.25) is 4.34 Å². The zero-order valence-electron chi connectivity index (χ0n) is 12.8. The second-order valence-corrected chi connectivity index (χ2v) is 7.65. The van der Waals surface area contributed by atoms with Crippen molar-refractivity contribution in [3.8, 4) is 0 Å². The topological polar surface area (TPSA) is 15.3 Å². The van der Waals surface area contributed by atoms with E-state index >= 15 is 0 Å². The predicted octanol–water partition coefficient (Wildman–Crippen LogP) is 4.55. The number of rotatable bonds is 3. The predicted molar refractivity (Wildman–Crippen MR) is 99.6 cm³/mol. The van der Waals surface area contributed by atoms with Gasteiger partial charge in [-0.2, -0.15) is 0 Å². The number of hydrogen-bond acceptors (Lipinski definition) is 3. The third-order valence-electron chi connectivity index (χ3n) is 4.50. The maximum Gasteiger partial charge on any atom is 0.0931 e. The number of hydrogen-bond donors (Lipinski definition) is 1. The van der Waals surface area contributed by atoms with Gasteiger partial charge in [0, 0.05) is 31.1 Å². The van der Waals surface area contributed by atoms with E-state index in [1.807, 2.05) is 6.07 Å². The lowest BCUT2D eigenvalue weighted by Gasteiger charge is -2.35. The molecule has 0 radical (unpaired) electrons. The summed E-state index contributed by atoms with van der Waals surface area (Å²) >= 11 is 7.93. The summed E-state index contributed by atoms with van der Waals surface area (Å²) in [5, 5.41) is 6.09. The average Bonchev–Trinajstić information content (AvgIpc) is 3.02. The molecule has 1 aliphatic heterocycles. The standard InChI is InChI=1S/C19H19ClN2S/c20-18-9-8-17(23-18)19(22-12-10-21-11-13-22)16-7-3-5-14-4-1-2-6-15(14)16/h1-9,19,21H,10-13H2. The van der Waals surface area contributed by atoms with Crippen LogP contribution in [-0.4, -0.2) is 31.1 Å². The molecule has 1 fully saturated rings. The van der Waals surface area contributed by atoms with E-state index in [1.165, 1.54) is 21.2 Å². The largest absolute Gasteiger partial charge is 0.314 e. The van der Waals surface area contributed by atoms with Crippen LogP contribution in [0.15, 0.2) is 54.6 Å². The zero-order chi connectivity index (χ0) is 15.6. The molecule has 1 saturated heterocycles. The molecule has 0 saturated carbocycles. The van der Waals surface area contributed by atoms with E-state index in [-0.39, 0.29) is 6.04 Å². The van der Waals surface area contributed by atoms with Crippen molar-refractivity contribution in [1.82, 2.24) is 10.2 Å². The summed E-state index contributed by atoms with van der Waals surface area (Å²) in [4.78, 5) is 3.90. The van der Waals surface area contributed by atoms with Crippen LogP contribution in [0.4, 0.5) is 0 Å². The number of nitrogens with zero attached hydrogens (tertiary/aromatic N) is 1. The van der Waals surface area contributed by atoms with E-state index in [9.17, 15) is 0 Å². The van der Waals surface area contributed by atoms with Crippen molar-refractivity contribution in [1.29, 1.82) is 0 Å². The molecule has 1 atom stereocenters. The van der Waals surface area contributed by atoms with Gasteiger partial charge in [0.05, 0.1) is 10.4 Å². The van der Waals surface area contributed by atoms with E-state index in [0.29, 0.717) is 0 Å². The number of thiophene rings is 1. The van der Waals surface area contributed by atoms with Crippen LogP contribution >= 0.6 is 22.9 Å². The van der Waals surface area contributed by atoms with Gasteiger partial charge >= 0.3 is 0 Å². The highest BCUT2D eigenvalue weighted by Gasteiger charge is 2.26. The highest BCUT2D eigenvalue weighted by molar-refractivity contribution is 7.16. The second-order valence-electron chi connectivity index (χ2n) is 5.90. The van der Waals surface area contributed by atoms with Crippen molar-refractivity contribution in [2.75, 3.05) is 26.2 Å². The second kappa shape index (κ2) is 6.62. The smallest absolute Gasteiger partial charge is 0.0931 e. The molecule has 1 N–H and O–H groups in total. The summed E-state index contributed by atoms with van der Waals surface area (Å²) in [6.07, 6.45) is 0. The molecule has 4 rings (SSSR count). The highest BCUT2D eigenvalue weighted by Crippen LogP contribution is 2.38. The molecule has 1 aliphatic rings. The molecular formula is C19H19ClN2S. The molecule has 0 bridgehead atoms. The molecule has 2 heterocycles. The lowest BCUT2D eigenvalue weighted by Crippen LogP contribution is -2.45. The van der Waals surface area contributed by atoms with Gasteiger partial charge in [-0.15, -0.1) is 11.3 Å². The Labute approximate surface area is 145 Å². The molecular weight excluding hydrogens is 324 g/mol. The summed E-state index contributed by atoms with van der Waals surface area (Å²) in [6.45, 7) is 4.20. The Kier molecular flexibility index (Phi) is 4.36. The van der Waals surface area contributed by atoms with Gasteiger partial charge in [0.15, 0.2) is 0 Å². The Morgan fingerprint density at radius 2 is 1.74 bits per heavy atom. The minimum Gasteiger partial charge on any atom is -0.314 e. The molecule has 23 heavy (non-hydrogen) atoms. The number of nitrogens with one attached hydrogen (secondary N) is 1. The fourth-order valence-corrected chi connectivity index (χ4v) is 4.65. The van der Waals surface area contributed by atoms with Crippen LogP contribution in [-0.2, 0) is 0 Å². The fourth-order valence-electron chi connectivity index (χ4n) is 3.43. The first-order valence-corrected chi connectivity index (χ1v) is 9.20. The van der Waals surface area contributed by atoms with E-state index < -0.39 is 0 Å². The van der Waals surface area contributed by atoms with Crippen LogP contribution in [0.5, 0.6) is 0 Å². The van der Waals surface area contributed by atoms with Crippen LogP contribution in [0.1, 0.15) is 16.5 Å². The molecule has 1 unspecified atom stereocenters. The first kappa shape index (κ1) is 15.2. The summed E-state index contributed by atoms with van der Waals surface area (Å²) in [7, 11) is 0. The first-order chi connectivity index (χ1) is 11.3. The molecule has 1 aromatic heterocycles. The van der Waals surface area contributed by atoms with Gasteiger partial charge in [0.1, 0.15) is 0 Å². The zero-order valence-corrected chi connectivity index (χ0v) is 14.4. The molecule has 4 heteroatoms. The van der Waals surface area contributed by atoms with Crippen molar-refractivity contribution in [2.45, 2.75) is 6.04 Å². The van der Waals surface area contributed by atoms with Crippen molar-refractivity contribution < 1.29 is 0 Å². The van der Waals surface area contributed by atoms with Gasteiger partial charge < -0.3 is 5.32 Å². The highest BCUT2D eigenvalue weighted by atomic mass is 35.5. The Hall–Kier alpha value is -1.39. The average molecular weight is 343 g/mol. The van der Waals surface area contributed by atoms with E-state index in [0.717, 1.165) is 30.5 Å². The number of benzene rings is 2. The molecule has 118 valence electrons. The first-order valence-electron chi connectivity index (χ1n) is 8.00. The Morgan fingerprint density at radius 3 is 2.52 bits per heavy atom. The minimum absolute atomic E-state index is 0.278. The lowest BCUT2D eigenvalue weighted by molar-refractivity contribution is 0.201. The SMILES string of the molecule is Clc1ccc(C(c2cccc3ccccc23)N2CCNCC2)s1. The van der Waals surface area contributed by atoms with Crippen molar-refractivity contribution >= 4 is 33.7 Å². The summed E-state index contributed by atoms with van der Waals surface area (Å²) < 4.78 is 0.861. The number of halogens is 1. The molecule has 0 aliphatic carbocycles. The van der Waals surface area contributed by atoms with Gasteiger partial charge in [-0.3, -0.25) is 4.90 Å². The fraction of sp³-hybridized carbons (Fsp3) is 0.263. The Bertz CT molecular complexity index is 802.